The fraction of sp³-hybridized carbons (Fsp3) is 0.667. The van der Waals surface area contributed by atoms with Gasteiger partial charge >= 0.3 is 6.18 Å². The van der Waals surface area contributed by atoms with Crippen molar-refractivity contribution in [1.29, 1.82) is 0 Å². The van der Waals surface area contributed by atoms with Crippen LogP contribution in [0.1, 0.15) is 30.1 Å². The summed E-state index contributed by atoms with van der Waals surface area (Å²) in [4.78, 5) is 4.32. The maximum Gasteiger partial charge on any atom is 0.400 e. The van der Waals surface area contributed by atoms with Gasteiger partial charge in [-0.1, -0.05) is 5.16 Å². The second-order valence-corrected chi connectivity index (χ2v) is 4.99. The van der Waals surface area contributed by atoms with Gasteiger partial charge in [-0.2, -0.15) is 13.2 Å². The Balaban J connectivity index is 2.34. The Labute approximate surface area is 114 Å². The number of aromatic nitrogens is 2. The molecule has 8 heteroatoms. The van der Waals surface area contributed by atoms with Crippen molar-refractivity contribution in [3.63, 3.8) is 0 Å². The van der Waals surface area contributed by atoms with E-state index in [0.717, 1.165) is 37.1 Å². The monoisotopic (exact) mass is 290 g/mol. The number of imidazole rings is 1. The van der Waals surface area contributed by atoms with E-state index in [1.165, 1.54) is 0 Å². The normalized spacial score (nSPS) is 17.9. The van der Waals surface area contributed by atoms with Crippen LogP contribution in [0, 0.1) is 12.8 Å². The van der Waals surface area contributed by atoms with Gasteiger partial charge < -0.3 is 15.5 Å². The molecule has 0 aliphatic heterocycles. The lowest BCUT2D eigenvalue weighted by Crippen LogP contribution is -2.39. The molecule has 0 bridgehead atoms. The van der Waals surface area contributed by atoms with Crippen molar-refractivity contribution in [2.45, 2.75) is 45.3 Å². The van der Waals surface area contributed by atoms with Crippen molar-refractivity contribution >= 4 is 5.84 Å². The van der Waals surface area contributed by atoms with Crippen LogP contribution in [0.15, 0.2) is 5.16 Å². The number of rotatable bonds is 3. The summed E-state index contributed by atoms with van der Waals surface area (Å²) in [5, 5.41) is 11.1. The van der Waals surface area contributed by atoms with Crippen LogP contribution in [-0.4, -0.2) is 26.8 Å². The molecule has 3 N–H and O–H groups in total. The molecule has 5 nitrogen and oxygen atoms in total. The molecule has 2 rings (SSSR count). The van der Waals surface area contributed by atoms with Gasteiger partial charge in [-0.3, -0.25) is 0 Å². The molecule has 1 unspecified atom stereocenters. The highest BCUT2D eigenvalue weighted by molar-refractivity contribution is 5.82. The van der Waals surface area contributed by atoms with Crippen LogP contribution >= 0.6 is 0 Å². The van der Waals surface area contributed by atoms with Crippen molar-refractivity contribution in [2.75, 3.05) is 0 Å². The Hall–Kier alpha value is -1.73. The van der Waals surface area contributed by atoms with Gasteiger partial charge in [0, 0.05) is 12.2 Å². The molecule has 0 radical (unpaired) electrons. The van der Waals surface area contributed by atoms with E-state index < -0.39 is 24.5 Å². The maximum absolute atomic E-state index is 13.0. The zero-order valence-corrected chi connectivity index (χ0v) is 11.1. The highest BCUT2D eigenvalue weighted by Crippen LogP contribution is 2.30. The van der Waals surface area contributed by atoms with E-state index in [4.69, 9.17) is 10.9 Å². The third-order valence-electron chi connectivity index (χ3n) is 3.66. The van der Waals surface area contributed by atoms with Crippen LogP contribution in [0.25, 0.3) is 0 Å². The number of oxime groups is 1. The number of nitrogens with two attached hydrogens (primary N) is 1. The molecular formula is C12H17F3N4O. The zero-order valence-electron chi connectivity index (χ0n) is 11.1. The average Bonchev–Trinajstić information content (AvgIpc) is 2.69. The van der Waals surface area contributed by atoms with Crippen LogP contribution in [0.5, 0.6) is 0 Å². The van der Waals surface area contributed by atoms with Gasteiger partial charge in [0.25, 0.3) is 0 Å². The fourth-order valence-electron chi connectivity index (χ4n) is 2.59. The summed E-state index contributed by atoms with van der Waals surface area (Å²) < 4.78 is 40.6. The molecule has 0 amide bonds. The first kappa shape index (κ1) is 14.7. The minimum absolute atomic E-state index is 0.395. The summed E-state index contributed by atoms with van der Waals surface area (Å²) in [5.74, 6) is -2.29. The van der Waals surface area contributed by atoms with Gasteiger partial charge in [-0.15, -0.1) is 0 Å². The second-order valence-electron chi connectivity index (χ2n) is 4.99. The van der Waals surface area contributed by atoms with Crippen molar-refractivity contribution in [2.24, 2.45) is 16.8 Å². The van der Waals surface area contributed by atoms with E-state index in [2.05, 4.69) is 10.1 Å². The summed E-state index contributed by atoms with van der Waals surface area (Å²) in [6.07, 6.45) is -1.10. The predicted octanol–water partition coefficient (Wildman–Crippen LogP) is 2.00. The van der Waals surface area contributed by atoms with Gasteiger partial charge in [0.05, 0.1) is 5.69 Å². The third kappa shape index (κ3) is 2.73. The lowest BCUT2D eigenvalue weighted by atomic mass is 10.0. The fourth-order valence-corrected chi connectivity index (χ4v) is 2.59. The van der Waals surface area contributed by atoms with Crippen LogP contribution in [0.2, 0.25) is 0 Å². The van der Waals surface area contributed by atoms with Crippen LogP contribution < -0.4 is 5.73 Å². The number of aryl methyl sites for hydroxylation is 2. The lowest BCUT2D eigenvalue weighted by molar-refractivity contribution is -0.159. The standard InChI is InChI=1S/C12H17F3N4O/c1-7-17-9-4-2-3-5-10(9)19(7)6-8(11(16)18-20)12(13,14)15/h8,20H,2-6H2,1H3,(H2,16,18). The molecule has 1 aliphatic carbocycles. The molecule has 0 spiro atoms. The molecule has 1 aliphatic rings. The van der Waals surface area contributed by atoms with E-state index in [1.807, 2.05) is 0 Å². The number of hydrogen-bond acceptors (Lipinski definition) is 3. The van der Waals surface area contributed by atoms with E-state index in [-0.39, 0.29) is 0 Å². The third-order valence-corrected chi connectivity index (χ3v) is 3.66. The minimum atomic E-state index is -4.56. The topological polar surface area (TPSA) is 76.4 Å². The van der Waals surface area contributed by atoms with E-state index in [9.17, 15) is 13.2 Å². The second kappa shape index (κ2) is 5.34. The number of alkyl halides is 3. The van der Waals surface area contributed by atoms with Crippen molar-refractivity contribution in [3.05, 3.63) is 17.2 Å². The quantitative estimate of drug-likeness (QED) is 0.387. The summed E-state index contributed by atoms with van der Waals surface area (Å²) in [5.41, 5.74) is 6.90. The van der Waals surface area contributed by atoms with Gasteiger partial charge in [-0.25, -0.2) is 4.98 Å². The van der Waals surface area contributed by atoms with Crippen molar-refractivity contribution in [3.8, 4) is 0 Å². The Morgan fingerprint density at radius 3 is 2.70 bits per heavy atom. The molecular weight excluding hydrogens is 273 g/mol. The predicted molar refractivity (Wildman–Crippen MR) is 66.6 cm³/mol. The lowest BCUT2D eigenvalue weighted by Gasteiger charge is -2.22. The maximum atomic E-state index is 13.0. The molecule has 1 aromatic rings. The van der Waals surface area contributed by atoms with Gasteiger partial charge in [0.15, 0.2) is 5.84 Å². The Bertz CT molecular complexity index is 522. The molecule has 0 aromatic carbocycles. The average molecular weight is 290 g/mol. The number of hydrogen-bond donors (Lipinski definition) is 2. The van der Waals surface area contributed by atoms with Gasteiger partial charge in [0.1, 0.15) is 11.7 Å². The Morgan fingerprint density at radius 1 is 1.45 bits per heavy atom. The van der Waals surface area contributed by atoms with Gasteiger partial charge in [0.2, 0.25) is 0 Å². The number of fused-ring (bicyclic) bond motifs is 1. The first-order valence-corrected chi connectivity index (χ1v) is 6.43. The molecule has 1 heterocycles. The first-order chi connectivity index (χ1) is 9.34. The SMILES string of the molecule is Cc1nc2c(n1CC(C(N)=NO)C(F)(F)F)CCCC2. The largest absolute Gasteiger partial charge is 0.409 e. The van der Waals surface area contributed by atoms with Crippen LogP contribution in [0.3, 0.4) is 0 Å². The van der Waals surface area contributed by atoms with Crippen molar-refractivity contribution < 1.29 is 18.4 Å². The highest BCUT2D eigenvalue weighted by atomic mass is 19.4. The Kier molecular flexibility index (Phi) is 3.92. The minimum Gasteiger partial charge on any atom is -0.409 e. The smallest absolute Gasteiger partial charge is 0.400 e. The van der Waals surface area contributed by atoms with Crippen LogP contribution in [0.4, 0.5) is 13.2 Å². The highest BCUT2D eigenvalue weighted by Gasteiger charge is 2.43. The Morgan fingerprint density at radius 2 is 2.10 bits per heavy atom. The van der Waals surface area contributed by atoms with E-state index in [1.54, 1.807) is 11.5 Å². The summed E-state index contributed by atoms with van der Waals surface area (Å²) >= 11 is 0. The first-order valence-electron chi connectivity index (χ1n) is 6.43. The van der Waals surface area contributed by atoms with Crippen LogP contribution in [-0.2, 0) is 19.4 Å². The molecule has 0 saturated carbocycles. The molecule has 112 valence electrons. The zero-order chi connectivity index (χ0) is 14.9. The molecule has 1 atom stereocenters. The molecule has 0 saturated heterocycles. The number of halogens is 3. The number of amidine groups is 1. The molecule has 0 fully saturated rings. The molecule has 20 heavy (non-hydrogen) atoms. The van der Waals surface area contributed by atoms with E-state index >= 15 is 0 Å². The summed E-state index contributed by atoms with van der Waals surface area (Å²) in [7, 11) is 0. The van der Waals surface area contributed by atoms with Crippen molar-refractivity contribution in [1.82, 2.24) is 9.55 Å². The summed E-state index contributed by atoms with van der Waals surface area (Å²) in [6.45, 7) is 1.28. The summed E-state index contributed by atoms with van der Waals surface area (Å²) in [6, 6.07) is 0. The van der Waals surface area contributed by atoms with E-state index in [0.29, 0.717) is 5.82 Å². The van der Waals surface area contributed by atoms with Gasteiger partial charge in [-0.05, 0) is 32.6 Å². The molecule has 1 aromatic heterocycles. The number of nitrogens with zero attached hydrogens (tertiary/aromatic N) is 3.